The minimum absolute atomic E-state index is 0.547. The molecule has 2 fully saturated rings. The summed E-state index contributed by atoms with van der Waals surface area (Å²) in [6, 6.07) is 12.1. The monoisotopic (exact) mass is 360 g/mol. The molecule has 4 heterocycles. The molecular formula is C23H28N4. The second kappa shape index (κ2) is 7.43. The molecular weight excluding hydrogens is 332 g/mol. The average molecular weight is 361 g/mol. The first-order valence-corrected chi connectivity index (χ1v) is 10.4. The number of hydrogen-bond acceptors (Lipinski definition) is 4. The quantitative estimate of drug-likeness (QED) is 0.814. The van der Waals surface area contributed by atoms with Crippen LogP contribution in [0.2, 0.25) is 0 Å². The van der Waals surface area contributed by atoms with Gasteiger partial charge in [0.15, 0.2) is 0 Å². The third-order valence-corrected chi connectivity index (χ3v) is 6.39. The molecule has 4 nitrogen and oxygen atoms in total. The van der Waals surface area contributed by atoms with Gasteiger partial charge in [-0.1, -0.05) is 42.8 Å². The van der Waals surface area contributed by atoms with Gasteiger partial charge in [-0.2, -0.15) is 0 Å². The third kappa shape index (κ3) is 3.51. The van der Waals surface area contributed by atoms with E-state index in [1.54, 1.807) is 0 Å². The number of anilines is 1. The Morgan fingerprint density at radius 3 is 2.44 bits per heavy atom. The Morgan fingerprint density at radius 1 is 0.926 bits per heavy atom. The van der Waals surface area contributed by atoms with Crippen LogP contribution in [0, 0.1) is 0 Å². The highest BCUT2D eigenvalue weighted by atomic mass is 15.3. The molecule has 27 heavy (non-hydrogen) atoms. The molecule has 3 aliphatic heterocycles. The number of benzene rings is 1. The highest BCUT2D eigenvalue weighted by Crippen LogP contribution is 2.37. The van der Waals surface area contributed by atoms with E-state index in [1.165, 1.54) is 48.8 Å². The van der Waals surface area contributed by atoms with Crippen LogP contribution in [0.4, 0.5) is 5.95 Å². The van der Waals surface area contributed by atoms with Gasteiger partial charge in [0.25, 0.3) is 0 Å². The highest BCUT2D eigenvalue weighted by molar-refractivity contribution is 5.67. The van der Waals surface area contributed by atoms with Crippen LogP contribution in [-0.4, -0.2) is 40.0 Å². The molecule has 0 saturated carbocycles. The molecule has 1 aromatic carbocycles. The molecule has 0 spiro atoms. The maximum atomic E-state index is 4.68. The summed E-state index contributed by atoms with van der Waals surface area (Å²) in [5, 5.41) is 0. The fourth-order valence-corrected chi connectivity index (χ4v) is 4.94. The molecule has 1 aromatic heterocycles. The Balaban J connectivity index is 1.35. The minimum Gasteiger partial charge on any atom is -0.341 e. The van der Waals surface area contributed by atoms with Crippen LogP contribution in [0.1, 0.15) is 49.7 Å². The van der Waals surface area contributed by atoms with Crippen molar-refractivity contribution in [3.8, 4) is 0 Å². The normalized spacial score (nSPS) is 25.5. The third-order valence-electron chi connectivity index (χ3n) is 6.39. The van der Waals surface area contributed by atoms with E-state index < -0.39 is 0 Å². The summed E-state index contributed by atoms with van der Waals surface area (Å²) in [7, 11) is 0. The van der Waals surface area contributed by atoms with Crippen molar-refractivity contribution in [2.45, 2.75) is 57.2 Å². The van der Waals surface area contributed by atoms with Gasteiger partial charge in [0.2, 0.25) is 5.95 Å². The van der Waals surface area contributed by atoms with E-state index >= 15 is 0 Å². The Morgan fingerprint density at radius 2 is 1.70 bits per heavy atom. The summed E-state index contributed by atoms with van der Waals surface area (Å²) in [6.45, 7) is 3.26. The second-order valence-corrected chi connectivity index (χ2v) is 8.17. The predicted octanol–water partition coefficient (Wildman–Crippen LogP) is 4.29. The predicted molar refractivity (Wildman–Crippen MR) is 109 cm³/mol. The smallest absolute Gasteiger partial charge is 0.225 e. The number of fused-ring (bicyclic) bond motifs is 2. The van der Waals surface area contributed by atoms with Crippen LogP contribution in [-0.2, 0) is 6.54 Å². The van der Waals surface area contributed by atoms with E-state index in [0.717, 1.165) is 32.0 Å². The zero-order valence-corrected chi connectivity index (χ0v) is 15.9. The Hall–Kier alpha value is -2.20. The van der Waals surface area contributed by atoms with E-state index in [9.17, 15) is 0 Å². The van der Waals surface area contributed by atoms with Crippen molar-refractivity contribution >= 4 is 11.5 Å². The largest absolute Gasteiger partial charge is 0.341 e. The molecule has 0 N–H and O–H groups in total. The molecule has 5 rings (SSSR count). The van der Waals surface area contributed by atoms with Crippen molar-refractivity contribution in [3.05, 3.63) is 59.9 Å². The van der Waals surface area contributed by atoms with Crippen LogP contribution in [0.15, 0.2) is 48.8 Å². The Labute approximate surface area is 161 Å². The number of hydrogen-bond donors (Lipinski definition) is 0. The zero-order chi connectivity index (χ0) is 18.1. The number of nitrogens with zero attached hydrogens (tertiary/aromatic N) is 4. The van der Waals surface area contributed by atoms with E-state index in [4.69, 9.17) is 0 Å². The van der Waals surface area contributed by atoms with Crippen molar-refractivity contribution in [1.29, 1.82) is 0 Å². The van der Waals surface area contributed by atoms with E-state index in [0.29, 0.717) is 12.1 Å². The van der Waals surface area contributed by atoms with Gasteiger partial charge in [-0.3, -0.25) is 4.90 Å². The lowest BCUT2D eigenvalue weighted by molar-refractivity contribution is 0.0951. The first kappa shape index (κ1) is 16.9. The molecule has 0 radical (unpaired) electrons. The van der Waals surface area contributed by atoms with Gasteiger partial charge in [-0.05, 0) is 43.2 Å². The van der Waals surface area contributed by atoms with Crippen molar-refractivity contribution in [2.75, 3.05) is 18.0 Å². The SMILES string of the molecule is C1=C(c2cnc(N3CCCC3)nc2)CC2CCCC1N2Cc1ccccc1. The molecule has 2 atom stereocenters. The van der Waals surface area contributed by atoms with Crippen molar-refractivity contribution in [2.24, 2.45) is 0 Å². The van der Waals surface area contributed by atoms with Gasteiger partial charge < -0.3 is 4.90 Å². The highest BCUT2D eigenvalue weighted by Gasteiger charge is 2.34. The Kier molecular flexibility index (Phi) is 4.66. The van der Waals surface area contributed by atoms with Crippen LogP contribution in [0.3, 0.4) is 0 Å². The molecule has 2 saturated heterocycles. The fraction of sp³-hybridized carbons (Fsp3) is 0.478. The molecule has 4 heteroatoms. The lowest BCUT2D eigenvalue weighted by Gasteiger charge is -2.45. The summed E-state index contributed by atoms with van der Waals surface area (Å²) in [4.78, 5) is 14.4. The van der Waals surface area contributed by atoms with Crippen LogP contribution in [0.5, 0.6) is 0 Å². The van der Waals surface area contributed by atoms with E-state index in [-0.39, 0.29) is 0 Å². The molecule has 140 valence electrons. The molecule has 0 amide bonds. The van der Waals surface area contributed by atoms with Gasteiger partial charge >= 0.3 is 0 Å². The first-order valence-electron chi connectivity index (χ1n) is 10.4. The topological polar surface area (TPSA) is 32.3 Å². The standard InChI is InChI=1S/C23H28N4/c1-2-7-18(8-3-1)17-27-21-9-6-10-22(27)14-19(13-21)20-15-24-23(25-16-20)26-11-4-5-12-26/h1-3,7-8,13,15-16,21-22H,4-6,9-12,14,17H2. The number of aromatic nitrogens is 2. The lowest BCUT2D eigenvalue weighted by atomic mass is 9.83. The summed E-state index contributed by atoms with van der Waals surface area (Å²) in [6.07, 6.45) is 14.1. The lowest BCUT2D eigenvalue weighted by Crippen LogP contribution is -2.47. The van der Waals surface area contributed by atoms with Gasteiger partial charge in [0, 0.05) is 49.7 Å². The molecule has 3 aliphatic rings. The van der Waals surface area contributed by atoms with Crippen molar-refractivity contribution in [3.63, 3.8) is 0 Å². The van der Waals surface area contributed by atoms with Crippen molar-refractivity contribution in [1.82, 2.24) is 14.9 Å². The maximum Gasteiger partial charge on any atom is 0.225 e. The van der Waals surface area contributed by atoms with E-state index in [2.05, 4.69) is 68.6 Å². The number of rotatable bonds is 4. The minimum atomic E-state index is 0.547. The van der Waals surface area contributed by atoms with Gasteiger partial charge in [-0.25, -0.2) is 9.97 Å². The first-order chi connectivity index (χ1) is 13.4. The zero-order valence-electron chi connectivity index (χ0n) is 15.9. The van der Waals surface area contributed by atoms with Gasteiger partial charge in [0.1, 0.15) is 0 Å². The van der Waals surface area contributed by atoms with Gasteiger partial charge in [-0.15, -0.1) is 0 Å². The summed E-state index contributed by atoms with van der Waals surface area (Å²) in [5.41, 5.74) is 4.08. The summed E-state index contributed by atoms with van der Waals surface area (Å²) in [5.74, 6) is 0.901. The molecule has 2 unspecified atom stereocenters. The molecule has 2 aromatic rings. The fourth-order valence-electron chi connectivity index (χ4n) is 4.94. The van der Waals surface area contributed by atoms with Crippen molar-refractivity contribution < 1.29 is 0 Å². The van der Waals surface area contributed by atoms with Gasteiger partial charge in [0.05, 0.1) is 0 Å². The molecule has 0 aliphatic carbocycles. The Bertz CT molecular complexity index is 793. The van der Waals surface area contributed by atoms with Crippen LogP contribution in [0.25, 0.3) is 5.57 Å². The molecule has 2 bridgehead atoms. The maximum absolute atomic E-state index is 4.68. The summed E-state index contributed by atoms with van der Waals surface area (Å²) >= 11 is 0. The summed E-state index contributed by atoms with van der Waals surface area (Å²) < 4.78 is 0. The van der Waals surface area contributed by atoms with E-state index in [1.807, 2.05) is 0 Å². The number of piperidine rings is 1. The van der Waals surface area contributed by atoms with Crippen LogP contribution >= 0.6 is 0 Å². The average Bonchev–Trinajstić information content (AvgIpc) is 3.24. The second-order valence-electron chi connectivity index (χ2n) is 8.17. The van der Waals surface area contributed by atoms with Crippen LogP contribution < -0.4 is 4.90 Å².